The Kier molecular flexibility index (Phi) is 6.84. The van der Waals surface area contributed by atoms with E-state index in [1.807, 2.05) is 42.5 Å². The summed E-state index contributed by atoms with van der Waals surface area (Å²) in [6, 6.07) is 15.4. The fraction of sp³-hybridized carbons (Fsp3) is 0.320. The Hall–Kier alpha value is -3.61. The number of carbonyl (C=O) groups is 1. The fourth-order valence-electron chi connectivity index (χ4n) is 3.85. The topological polar surface area (TPSA) is 76.6 Å². The second-order valence-corrected chi connectivity index (χ2v) is 7.77. The highest BCUT2D eigenvalue weighted by Gasteiger charge is 2.27. The summed E-state index contributed by atoms with van der Waals surface area (Å²) in [5.41, 5.74) is 2.07. The van der Waals surface area contributed by atoms with Gasteiger partial charge in [0.25, 0.3) is 5.88 Å². The van der Waals surface area contributed by atoms with Crippen molar-refractivity contribution in [3.63, 3.8) is 0 Å². The first kappa shape index (κ1) is 21.6. The van der Waals surface area contributed by atoms with Gasteiger partial charge in [0.2, 0.25) is 5.91 Å². The number of piperidine rings is 1. The van der Waals surface area contributed by atoms with Crippen LogP contribution in [-0.4, -0.2) is 36.1 Å². The lowest BCUT2D eigenvalue weighted by atomic mass is 9.95. The molecule has 2 aromatic carbocycles. The molecule has 1 saturated heterocycles. The summed E-state index contributed by atoms with van der Waals surface area (Å²) in [5, 5.41) is 3.07. The van der Waals surface area contributed by atoms with Gasteiger partial charge in [0.1, 0.15) is 11.5 Å². The number of hydrogen-bond acceptors (Lipinski definition) is 6. The van der Waals surface area contributed by atoms with E-state index in [1.165, 1.54) is 5.56 Å². The molecule has 7 heteroatoms. The number of benzene rings is 2. The number of anilines is 2. The Labute approximate surface area is 188 Å². The van der Waals surface area contributed by atoms with Crippen LogP contribution in [0.15, 0.2) is 60.9 Å². The zero-order valence-electron chi connectivity index (χ0n) is 18.5. The van der Waals surface area contributed by atoms with E-state index in [0.29, 0.717) is 36.3 Å². The molecular weight excluding hydrogens is 404 g/mol. The number of nitrogens with zero attached hydrogens (tertiary/aromatic N) is 3. The largest absolute Gasteiger partial charge is 0.497 e. The van der Waals surface area contributed by atoms with Crippen LogP contribution in [0.1, 0.15) is 25.3 Å². The summed E-state index contributed by atoms with van der Waals surface area (Å²) in [6.07, 6.45) is 5.71. The zero-order chi connectivity index (χ0) is 22.3. The van der Waals surface area contributed by atoms with E-state index in [4.69, 9.17) is 9.47 Å². The van der Waals surface area contributed by atoms with E-state index in [1.54, 1.807) is 19.5 Å². The number of ether oxygens (including phenoxy) is 2. The van der Waals surface area contributed by atoms with Gasteiger partial charge in [-0.1, -0.05) is 25.1 Å². The molecule has 0 spiro atoms. The first-order valence-electron chi connectivity index (χ1n) is 10.9. The van der Waals surface area contributed by atoms with Gasteiger partial charge in [0.05, 0.1) is 7.11 Å². The van der Waals surface area contributed by atoms with Crippen LogP contribution < -0.4 is 19.7 Å². The van der Waals surface area contributed by atoms with Crippen molar-refractivity contribution < 1.29 is 14.3 Å². The molecule has 1 amide bonds. The molecule has 1 aliphatic rings. The number of amides is 1. The van der Waals surface area contributed by atoms with Crippen molar-refractivity contribution in [2.45, 2.75) is 26.2 Å². The second-order valence-electron chi connectivity index (χ2n) is 7.77. The van der Waals surface area contributed by atoms with Crippen LogP contribution in [0, 0.1) is 5.92 Å². The molecule has 166 valence electrons. The summed E-state index contributed by atoms with van der Waals surface area (Å²) in [7, 11) is 1.62. The van der Waals surface area contributed by atoms with Crippen molar-refractivity contribution in [3.8, 4) is 17.4 Å². The molecule has 32 heavy (non-hydrogen) atoms. The van der Waals surface area contributed by atoms with Crippen LogP contribution in [0.5, 0.6) is 17.4 Å². The molecule has 0 aliphatic carbocycles. The lowest BCUT2D eigenvalue weighted by molar-refractivity contribution is -0.120. The molecule has 0 bridgehead atoms. The predicted molar refractivity (Wildman–Crippen MR) is 124 cm³/mol. The van der Waals surface area contributed by atoms with Crippen LogP contribution in [0.4, 0.5) is 11.5 Å². The monoisotopic (exact) mass is 432 g/mol. The van der Waals surface area contributed by atoms with Crippen molar-refractivity contribution in [2.24, 2.45) is 5.92 Å². The van der Waals surface area contributed by atoms with Crippen LogP contribution >= 0.6 is 0 Å². The van der Waals surface area contributed by atoms with Crippen molar-refractivity contribution in [1.29, 1.82) is 0 Å². The molecule has 0 radical (unpaired) electrons. The molecule has 0 saturated carbocycles. The molecular formula is C25H28N4O3. The van der Waals surface area contributed by atoms with E-state index >= 15 is 0 Å². The van der Waals surface area contributed by atoms with Crippen LogP contribution in [0.3, 0.4) is 0 Å². The molecule has 1 aromatic heterocycles. The van der Waals surface area contributed by atoms with Gasteiger partial charge in [-0.05, 0) is 49.1 Å². The molecule has 3 aromatic rings. The highest BCUT2D eigenvalue weighted by molar-refractivity contribution is 5.92. The van der Waals surface area contributed by atoms with E-state index in [0.717, 1.165) is 24.9 Å². The maximum atomic E-state index is 12.8. The molecule has 1 aliphatic heterocycles. The van der Waals surface area contributed by atoms with Crippen molar-refractivity contribution in [1.82, 2.24) is 9.97 Å². The lowest BCUT2D eigenvalue weighted by Gasteiger charge is -2.32. The molecule has 2 heterocycles. The maximum absolute atomic E-state index is 12.8. The summed E-state index contributed by atoms with van der Waals surface area (Å²) in [4.78, 5) is 23.8. The number of hydrogen-bond donors (Lipinski definition) is 1. The number of nitrogens with one attached hydrogen (secondary N) is 1. The third-order valence-electron chi connectivity index (χ3n) is 5.67. The normalized spacial score (nSPS) is 14.1. The fourth-order valence-corrected chi connectivity index (χ4v) is 3.85. The maximum Gasteiger partial charge on any atom is 0.263 e. The average Bonchev–Trinajstić information content (AvgIpc) is 2.85. The zero-order valence-corrected chi connectivity index (χ0v) is 18.5. The Bertz CT molecular complexity index is 1060. The first-order chi connectivity index (χ1) is 15.7. The van der Waals surface area contributed by atoms with Crippen LogP contribution in [-0.2, 0) is 11.2 Å². The van der Waals surface area contributed by atoms with Gasteiger partial charge in [0, 0.05) is 43.2 Å². The van der Waals surface area contributed by atoms with Gasteiger partial charge in [0.15, 0.2) is 5.82 Å². The standard InChI is InChI=1S/C25H28N4O3/c1-3-18-6-4-7-20(16-18)28-24(30)19-10-14-29(15-11-19)23-25(27-13-12-26-23)32-22-9-5-8-21(17-22)31-2/h4-9,12-13,16-17,19H,3,10-11,14-15H2,1-2H3,(H,28,30). The summed E-state index contributed by atoms with van der Waals surface area (Å²) < 4.78 is 11.3. The average molecular weight is 433 g/mol. The minimum atomic E-state index is -0.0315. The molecule has 0 unspecified atom stereocenters. The Morgan fingerprint density at radius 1 is 1.06 bits per heavy atom. The van der Waals surface area contributed by atoms with Crippen molar-refractivity contribution >= 4 is 17.4 Å². The van der Waals surface area contributed by atoms with Gasteiger partial charge < -0.3 is 19.7 Å². The number of aromatic nitrogens is 2. The third-order valence-corrected chi connectivity index (χ3v) is 5.67. The van der Waals surface area contributed by atoms with Gasteiger partial charge in [-0.15, -0.1) is 0 Å². The van der Waals surface area contributed by atoms with E-state index in [-0.39, 0.29) is 11.8 Å². The van der Waals surface area contributed by atoms with E-state index in [2.05, 4.69) is 33.2 Å². The molecule has 4 rings (SSSR count). The molecule has 1 N–H and O–H groups in total. The summed E-state index contributed by atoms with van der Waals surface area (Å²) in [5.74, 6) is 2.52. The van der Waals surface area contributed by atoms with Gasteiger partial charge in [-0.25, -0.2) is 9.97 Å². The number of methoxy groups -OCH3 is 1. The van der Waals surface area contributed by atoms with Crippen molar-refractivity contribution in [2.75, 3.05) is 30.4 Å². The molecule has 7 nitrogen and oxygen atoms in total. The number of carbonyl (C=O) groups excluding carboxylic acids is 1. The minimum Gasteiger partial charge on any atom is -0.497 e. The summed E-state index contributed by atoms with van der Waals surface area (Å²) >= 11 is 0. The Morgan fingerprint density at radius 2 is 1.81 bits per heavy atom. The lowest BCUT2D eigenvalue weighted by Crippen LogP contribution is -2.38. The Morgan fingerprint density at radius 3 is 2.59 bits per heavy atom. The minimum absolute atomic E-state index is 0.0315. The first-order valence-corrected chi connectivity index (χ1v) is 10.9. The van der Waals surface area contributed by atoms with E-state index in [9.17, 15) is 4.79 Å². The van der Waals surface area contributed by atoms with Crippen LogP contribution in [0.25, 0.3) is 0 Å². The molecule has 0 atom stereocenters. The van der Waals surface area contributed by atoms with Gasteiger partial charge in [-0.2, -0.15) is 0 Å². The third kappa shape index (κ3) is 5.17. The summed E-state index contributed by atoms with van der Waals surface area (Å²) in [6.45, 7) is 3.52. The second kappa shape index (κ2) is 10.1. The number of aryl methyl sites for hydroxylation is 1. The predicted octanol–water partition coefficient (Wildman–Crippen LogP) is 4.70. The van der Waals surface area contributed by atoms with Gasteiger partial charge >= 0.3 is 0 Å². The van der Waals surface area contributed by atoms with Crippen molar-refractivity contribution in [3.05, 3.63) is 66.5 Å². The van der Waals surface area contributed by atoms with E-state index < -0.39 is 0 Å². The highest BCUT2D eigenvalue weighted by atomic mass is 16.5. The van der Waals surface area contributed by atoms with Gasteiger partial charge in [-0.3, -0.25) is 4.79 Å². The van der Waals surface area contributed by atoms with Crippen LogP contribution in [0.2, 0.25) is 0 Å². The smallest absolute Gasteiger partial charge is 0.263 e. The quantitative estimate of drug-likeness (QED) is 0.583. The number of rotatable bonds is 7. The SMILES string of the molecule is CCc1cccc(NC(=O)C2CCN(c3nccnc3Oc3cccc(OC)c3)CC2)c1. The highest BCUT2D eigenvalue weighted by Crippen LogP contribution is 2.32. The molecule has 1 fully saturated rings. The Balaban J connectivity index is 1.39.